The van der Waals surface area contributed by atoms with E-state index in [9.17, 15) is 18.4 Å². The average Bonchev–Trinajstić information content (AvgIpc) is 3.22. The summed E-state index contributed by atoms with van der Waals surface area (Å²) in [5.74, 6) is -0.937. The summed E-state index contributed by atoms with van der Waals surface area (Å²) >= 11 is 3.14. The van der Waals surface area contributed by atoms with Gasteiger partial charge >= 0.3 is 0 Å². The smallest absolute Gasteiger partial charge is 0.244 e. The third kappa shape index (κ3) is 5.63. The number of nitrogens with one attached hydrogen (secondary N) is 2. The molecule has 178 valence electrons. The van der Waals surface area contributed by atoms with E-state index in [1.165, 1.54) is 24.3 Å². The van der Waals surface area contributed by atoms with Crippen molar-refractivity contribution in [2.24, 2.45) is 0 Å². The molecule has 34 heavy (non-hydrogen) atoms. The molecule has 1 fully saturated rings. The number of rotatable bonds is 8. The van der Waals surface area contributed by atoms with E-state index in [1.807, 2.05) is 6.20 Å². The molecule has 1 aliphatic rings. The van der Waals surface area contributed by atoms with Crippen LogP contribution in [0.3, 0.4) is 0 Å². The second-order valence-corrected chi connectivity index (χ2v) is 9.77. The number of H-pyrrole nitrogens is 1. The molecule has 0 atom stereocenters. The highest BCUT2D eigenvalue weighted by Crippen LogP contribution is 2.31. The summed E-state index contributed by atoms with van der Waals surface area (Å²) in [6, 6.07) is 9.15. The minimum Gasteiger partial charge on any atom is -0.361 e. The first-order chi connectivity index (χ1) is 16.4. The monoisotopic (exact) mass is 528 g/mol. The number of halogens is 3. The summed E-state index contributed by atoms with van der Waals surface area (Å²) in [5.41, 5.74) is 1.69. The van der Waals surface area contributed by atoms with E-state index in [0.29, 0.717) is 42.1 Å². The van der Waals surface area contributed by atoms with Gasteiger partial charge in [0.05, 0.1) is 10.0 Å². The molecule has 1 saturated carbocycles. The lowest BCUT2D eigenvalue weighted by Gasteiger charge is -2.36. The Bertz CT molecular complexity index is 1230. The Kier molecular flexibility index (Phi) is 7.61. The van der Waals surface area contributed by atoms with Crippen LogP contribution in [0.2, 0.25) is 0 Å². The topological polar surface area (TPSA) is 62.0 Å². The highest BCUT2D eigenvalue weighted by atomic mass is 79.9. The first kappa shape index (κ1) is 24.3. The molecule has 7 heteroatoms. The average molecular weight is 529 g/mol. The zero-order valence-corrected chi connectivity index (χ0v) is 20.4. The first-order valence-electron chi connectivity index (χ1n) is 11.6. The van der Waals surface area contributed by atoms with Gasteiger partial charge in [-0.3, -0.25) is 9.59 Å². The third-order valence-corrected chi connectivity index (χ3v) is 7.16. The number of carbonyl (C=O) groups excluding carboxylic acids is 2. The lowest BCUT2D eigenvalue weighted by atomic mass is 9.77. The molecule has 1 amide bonds. The number of hydrogen-bond donors (Lipinski definition) is 2. The number of benzene rings is 2. The number of aromatic nitrogens is 1. The van der Waals surface area contributed by atoms with Crippen LogP contribution in [-0.2, 0) is 16.0 Å². The molecule has 2 aromatic carbocycles. The fourth-order valence-corrected chi connectivity index (χ4v) is 5.13. The minimum absolute atomic E-state index is 0.0458. The van der Waals surface area contributed by atoms with Crippen LogP contribution in [0.25, 0.3) is 17.0 Å². The van der Waals surface area contributed by atoms with Crippen molar-refractivity contribution < 1.29 is 18.4 Å². The van der Waals surface area contributed by atoms with Gasteiger partial charge in [0.1, 0.15) is 11.6 Å². The number of ketones is 1. The van der Waals surface area contributed by atoms with E-state index in [4.69, 9.17) is 0 Å². The second-order valence-electron chi connectivity index (χ2n) is 8.92. The standard InChI is InChI=1S/C27H27BrF2N2O2/c28-22-15-18(7-10-23(22)30)8-12-26(34)32-27(13-2-1-3-14-27)25(33)6-4-5-19-17-31-24-11-9-20(29)16-21(19)24/h7-12,15-17,31H,1-6,13-14H2,(H,32,34)/b12-8+. The molecule has 1 heterocycles. The molecule has 0 aliphatic heterocycles. The molecule has 3 aromatic rings. The molecule has 1 aliphatic carbocycles. The van der Waals surface area contributed by atoms with Crippen LogP contribution in [0.1, 0.15) is 56.1 Å². The van der Waals surface area contributed by atoms with Gasteiger partial charge in [-0.05, 0) is 89.1 Å². The lowest BCUT2D eigenvalue weighted by molar-refractivity contribution is -0.131. The van der Waals surface area contributed by atoms with Crippen molar-refractivity contribution in [3.8, 4) is 0 Å². The summed E-state index contributed by atoms with van der Waals surface area (Å²) in [4.78, 5) is 29.2. The van der Waals surface area contributed by atoms with Crippen LogP contribution in [0.4, 0.5) is 8.78 Å². The van der Waals surface area contributed by atoms with Crippen molar-refractivity contribution in [1.82, 2.24) is 10.3 Å². The van der Waals surface area contributed by atoms with E-state index in [0.717, 1.165) is 35.7 Å². The Morgan fingerprint density at radius 2 is 1.88 bits per heavy atom. The molecule has 0 bridgehead atoms. The van der Waals surface area contributed by atoms with Crippen LogP contribution in [0.15, 0.2) is 53.1 Å². The molecular formula is C27H27BrF2N2O2. The third-order valence-electron chi connectivity index (χ3n) is 6.55. The number of Topliss-reactive ketones (excluding diaryl/α,β-unsaturated/α-hetero) is 1. The van der Waals surface area contributed by atoms with Gasteiger partial charge in [0.2, 0.25) is 5.91 Å². The van der Waals surface area contributed by atoms with Crippen molar-refractivity contribution in [2.75, 3.05) is 0 Å². The number of fused-ring (bicyclic) bond motifs is 1. The molecule has 0 unspecified atom stereocenters. The van der Waals surface area contributed by atoms with E-state index < -0.39 is 5.54 Å². The quantitative estimate of drug-likeness (QED) is 0.322. The van der Waals surface area contributed by atoms with Gasteiger partial charge in [-0.25, -0.2) is 8.78 Å². The van der Waals surface area contributed by atoms with Gasteiger partial charge in [0.25, 0.3) is 0 Å². The van der Waals surface area contributed by atoms with Crippen LogP contribution < -0.4 is 5.32 Å². The highest BCUT2D eigenvalue weighted by Gasteiger charge is 2.39. The maximum atomic E-state index is 13.6. The van der Waals surface area contributed by atoms with Crippen LogP contribution in [-0.4, -0.2) is 22.2 Å². The van der Waals surface area contributed by atoms with Gasteiger partial charge in [0, 0.05) is 29.6 Å². The van der Waals surface area contributed by atoms with Crippen LogP contribution >= 0.6 is 15.9 Å². The van der Waals surface area contributed by atoms with Crippen LogP contribution in [0.5, 0.6) is 0 Å². The van der Waals surface area contributed by atoms with Gasteiger partial charge in [-0.1, -0.05) is 25.3 Å². The summed E-state index contributed by atoms with van der Waals surface area (Å²) in [6.07, 6.45) is 10.6. The number of hydrogen-bond acceptors (Lipinski definition) is 2. The molecule has 1 aromatic heterocycles. The summed E-state index contributed by atoms with van der Waals surface area (Å²) < 4.78 is 27.4. The van der Waals surface area contributed by atoms with Gasteiger partial charge in [-0.2, -0.15) is 0 Å². The zero-order chi connectivity index (χ0) is 24.1. The zero-order valence-electron chi connectivity index (χ0n) is 18.8. The molecule has 0 spiro atoms. The van der Waals surface area contributed by atoms with E-state index in [-0.39, 0.29) is 23.3 Å². The predicted octanol–water partition coefficient (Wildman–Crippen LogP) is 6.63. The lowest BCUT2D eigenvalue weighted by Crippen LogP contribution is -2.55. The molecular weight excluding hydrogens is 502 g/mol. The van der Waals surface area contributed by atoms with Crippen molar-refractivity contribution in [3.05, 3.63) is 75.9 Å². The highest BCUT2D eigenvalue weighted by molar-refractivity contribution is 9.10. The van der Waals surface area contributed by atoms with Crippen molar-refractivity contribution in [3.63, 3.8) is 0 Å². The number of aromatic amines is 1. The summed E-state index contributed by atoms with van der Waals surface area (Å²) in [5, 5.41) is 3.83. The Balaban J connectivity index is 1.40. The van der Waals surface area contributed by atoms with Crippen molar-refractivity contribution >= 4 is 44.6 Å². The minimum atomic E-state index is -0.852. The molecule has 4 rings (SSSR count). The van der Waals surface area contributed by atoms with Gasteiger partial charge in [0.15, 0.2) is 5.78 Å². The fourth-order valence-electron chi connectivity index (χ4n) is 4.73. The molecule has 0 radical (unpaired) electrons. The molecule has 0 saturated heterocycles. The predicted molar refractivity (Wildman–Crippen MR) is 133 cm³/mol. The van der Waals surface area contributed by atoms with Crippen LogP contribution in [0, 0.1) is 11.6 Å². The Labute approximate surface area is 205 Å². The SMILES string of the molecule is O=C(/C=C/c1ccc(F)c(Br)c1)NC1(C(=O)CCCc2c[nH]c3ccc(F)cc23)CCCCC1. The number of carbonyl (C=O) groups is 2. The van der Waals surface area contributed by atoms with E-state index >= 15 is 0 Å². The maximum Gasteiger partial charge on any atom is 0.244 e. The number of amides is 1. The first-order valence-corrected chi connectivity index (χ1v) is 12.4. The number of aryl methyl sites for hydroxylation is 1. The van der Waals surface area contributed by atoms with Crippen molar-refractivity contribution in [2.45, 2.75) is 56.9 Å². The normalized spacial score (nSPS) is 15.6. The summed E-state index contributed by atoms with van der Waals surface area (Å²) in [6.45, 7) is 0. The summed E-state index contributed by atoms with van der Waals surface area (Å²) in [7, 11) is 0. The van der Waals surface area contributed by atoms with Gasteiger partial charge in [-0.15, -0.1) is 0 Å². The van der Waals surface area contributed by atoms with E-state index in [1.54, 1.807) is 24.3 Å². The Morgan fingerprint density at radius 3 is 2.65 bits per heavy atom. The van der Waals surface area contributed by atoms with Crippen molar-refractivity contribution in [1.29, 1.82) is 0 Å². The Hall–Kier alpha value is -2.80. The van der Waals surface area contributed by atoms with E-state index in [2.05, 4.69) is 26.2 Å². The molecule has 4 nitrogen and oxygen atoms in total. The maximum absolute atomic E-state index is 13.6. The largest absolute Gasteiger partial charge is 0.361 e. The fraction of sp³-hybridized carbons (Fsp3) is 0.333. The molecule has 2 N–H and O–H groups in total. The Morgan fingerprint density at radius 1 is 1.09 bits per heavy atom. The second kappa shape index (κ2) is 10.6. The van der Waals surface area contributed by atoms with Gasteiger partial charge < -0.3 is 10.3 Å².